The van der Waals surface area contributed by atoms with Crippen molar-refractivity contribution in [3.8, 4) is 23.0 Å². The quantitative estimate of drug-likeness (QED) is 0.326. The van der Waals surface area contributed by atoms with E-state index in [0.29, 0.717) is 33.5 Å². The fraction of sp³-hybridized carbons (Fsp3) is 0.125. The summed E-state index contributed by atoms with van der Waals surface area (Å²) in [6.45, 7) is 3.94. The number of nitrogens with one attached hydrogen (secondary N) is 2. The van der Waals surface area contributed by atoms with Gasteiger partial charge in [-0.15, -0.1) is 0 Å². The topological polar surface area (TPSA) is 96.6 Å². The van der Waals surface area contributed by atoms with Gasteiger partial charge in [-0.3, -0.25) is 10.1 Å². The van der Waals surface area contributed by atoms with Gasteiger partial charge in [-0.25, -0.2) is 4.98 Å². The molecule has 0 aliphatic rings. The molecule has 0 spiro atoms. The first-order chi connectivity index (χ1) is 15.7. The summed E-state index contributed by atoms with van der Waals surface area (Å²) in [5.74, 6) is 0.147. The van der Waals surface area contributed by atoms with E-state index in [2.05, 4.69) is 15.6 Å². The highest BCUT2D eigenvalue weighted by atomic mass is 35.5. The number of hydrogen-bond donors (Lipinski definition) is 3. The molecule has 33 heavy (non-hydrogen) atoms. The Bertz CT molecular complexity index is 1400. The summed E-state index contributed by atoms with van der Waals surface area (Å²) in [5, 5.41) is 16.4. The third-order valence-electron chi connectivity index (χ3n) is 4.94. The zero-order valence-electron chi connectivity index (χ0n) is 18.0. The minimum atomic E-state index is -0.482. The van der Waals surface area contributed by atoms with Crippen LogP contribution in [0.25, 0.3) is 22.6 Å². The van der Waals surface area contributed by atoms with Crippen LogP contribution in [0.2, 0.25) is 5.02 Å². The number of nitrogens with zero attached hydrogens (tertiary/aromatic N) is 1. The van der Waals surface area contributed by atoms with E-state index in [1.165, 1.54) is 19.2 Å². The van der Waals surface area contributed by atoms with E-state index in [1.807, 2.05) is 26.0 Å². The highest BCUT2D eigenvalue weighted by molar-refractivity contribution is 7.80. The number of oxazole rings is 1. The Morgan fingerprint density at radius 1 is 1.15 bits per heavy atom. The van der Waals surface area contributed by atoms with Gasteiger partial charge >= 0.3 is 0 Å². The third kappa shape index (κ3) is 4.76. The number of halogens is 1. The molecule has 1 amide bonds. The number of aryl methyl sites for hydroxylation is 2. The number of amides is 1. The normalized spacial score (nSPS) is 10.8. The average Bonchev–Trinajstić information content (AvgIpc) is 3.17. The Labute approximate surface area is 200 Å². The van der Waals surface area contributed by atoms with Gasteiger partial charge in [0.05, 0.1) is 18.2 Å². The summed E-state index contributed by atoms with van der Waals surface area (Å²) in [6.07, 6.45) is 0. The highest BCUT2D eigenvalue weighted by Gasteiger charge is 2.17. The summed E-state index contributed by atoms with van der Waals surface area (Å²) in [7, 11) is 1.46. The lowest BCUT2D eigenvalue weighted by Crippen LogP contribution is -2.34. The smallest absolute Gasteiger partial charge is 0.261 e. The molecule has 4 rings (SSSR count). The summed E-state index contributed by atoms with van der Waals surface area (Å²) in [4.78, 5) is 17.1. The maximum atomic E-state index is 12.6. The van der Waals surface area contributed by atoms with Gasteiger partial charge in [0.25, 0.3) is 5.91 Å². The van der Waals surface area contributed by atoms with E-state index in [9.17, 15) is 9.90 Å². The van der Waals surface area contributed by atoms with Gasteiger partial charge in [-0.05, 0) is 73.6 Å². The number of phenols is 1. The molecule has 0 aliphatic heterocycles. The number of thiocarbonyl (C=S) groups is 1. The summed E-state index contributed by atoms with van der Waals surface area (Å²) < 4.78 is 11.1. The Kier molecular flexibility index (Phi) is 6.22. The van der Waals surface area contributed by atoms with Crippen molar-refractivity contribution in [2.75, 3.05) is 12.4 Å². The molecule has 0 unspecified atom stereocenters. The third-order valence-corrected chi connectivity index (χ3v) is 5.38. The fourth-order valence-electron chi connectivity index (χ4n) is 3.47. The lowest BCUT2D eigenvalue weighted by molar-refractivity contribution is 0.0974. The van der Waals surface area contributed by atoms with Gasteiger partial charge in [0.1, 0.15) is 17.0 Å². The fourth-order valence-corrected chi connectivity index (χ4v) is 3.86. The zero-order valence-corrected chi connectivity index (χ0v) is 19.6. The van der Waals surface area contributed by atoms with Crippen molar-refractivity contribution < 1.29 is 19.1 Å². The molecule has 3 aromatic carbocycles. The van der Waals surface area contributed by atoms with Crippen LogP contribution in [0, 0.1) is 13.8 Å². The largest absolute Gasteiger partial charge is 0.507 e. The average molecular weight is 482 g/mol. The van der Waals surface area contributed by atoms with Crippen LogP contribution in [0.1, 0.15) is 21.5 Å². The van der Waals surface area contributed by atoms with Crippen LogP contribution in [0.4, 0.5) is 5.69 Å². The van der Waals surface area contributed by atoms with Gasteiger partial charge in [0.2, 0.25) is 5.89 Å². The molecule has 4 aromatic rings. The minimum absolute atomic E-state index is 0.0436. The molecule has 168 valence electrons. The molecule has 0 saturated heterocycles. The molecule has 0 bridgehead atoms. The molecular formula is C24H20ClN3O4S. The molecule has 0 radical (unpaired) electrons. The van der Waals surface area contributed by atoms with Crippen molar-refractivity contribution in [3.63, 3.8) is 0 Å². The monoisotopic (exact) mass is 481 g/mol. The van der Waals surface area contributed by atoms with Crippen molar-refractivity contribution in [3.05, 3.63) is 70.2 Å². The van der Waals surface area contributed by atoms with Gasteiger partial charge in [-0.2, -0.15) is 0 Å². The number of hydrogen-bond acceptors (Lipinski definition) is 6. The maximum Gasteiger partial charge on any atom is 0.261 e. The molecular weight excluding hydrogens is 462 g/mol. The van der Waals surface area contributed by atoms with E-state index in [-0.39, 0.29) is 16.4 Å². The van der Waals surface area contributed by atoms with Gasteiger partial charge < -0.3 is 19.6 Å². The lowest BCUT2D eigenvalue weighted by Gasteiger charge is -2.12. The second-order valence-corrected chi connectivity index (χ2v) is 8.28. The zero-order chi connectivity index (χ0) is 23.7. The number of rotatable bonds is 4. The number of fused-ring (bicyclic) bond motifs is 1. The number of carbonyl (C=O) groups is 1. The van der Waals surface area contributed by atoms with Crippen LogP contribution in [-0.4, -0.2) is 28.2 Å². The number of carbonyl (C=O) groups excluding carboxylic acids is 1. The standard InChI is InChI=1S/C24H20ClN3O4S/c1-12-8-13(2)21-18(9-12)27-23(32-21)16-6-5-15(11-19(16)29)26-24(33)28-22(30)17-10-14(25)4-7-20(17)31-3/h4-11,29H,1-3H3,(H2,26,28,30,33). The Balaban J connectivity index is 1.51. The van der Waals surface area contributed by atoms with Crippen molar-refractivity contribution in [1.82, 2.24) is 10.3 Å². The molecule has 3 N–H and O–H groups in total. The number of ether oxygens (including phenoxy) is 1. The number of aromatic nitrogens is 1. The van der Waals surface area contributed by atoms with E-state index < -0.39 is 5.91 Å². The Morgan fingerprint density at radius 3 is 2.67 bits per heavy atom. The van der Waals surface area contributed by atoms with E-state index in [1.54, 1.807) is 24.3 Å². The first-order valence-corrected chi connectivity index (χ1v) is 10.7. The van der Waals surface area contributed by atoms with E-state index >= 15 is 0 Å². The van der Waals surface area contributed by atoms with Gasteiger partial charge in [0.15, 0.2) is 10.7 Å². The molecule has 7 nitrogen and oxygen atoms in total. The molecule has 0 atom stereocenters. The number of aromatic hydroxyl groups is 1. The maximum absolute atomic E-state index is 12.6. The van der Waals surface area contributed by atoms with Crippen LogP contribution in [0.3, 0.4) is 0 Å². The number of anilines is 1. The van der Waals surface area contributed by atoms with Gasteiger partial charge in [-0.1, -0.05) is 17.7 Å². The van der Waals surface area contributed by atoms with E-state index in [4.69, 9.17) is 33.0 Å². The molecule has 0 aliphatic carbocycles. The predicted molar refractivity (Wildman–Crippen MR) is 132 cm³/mol. The molecule has 1 aromatic heterocycles. The first-order valence-electron chi connectivity index (χ1n) is 9.92. The van der Waals surface area contributed by atoms with Crippen molar-refractivity contribution in [2.24, 2.45) is 0 Å². The van der Waals surface area contributed by atoms with Crippen LogP contribution < -0.4 is 15.4 Å². The first kappa shape index (κ1) is 22.6. The highest BCUT2D eigenvalue weighted by Crippen LogP contribution is 2.34. The molecule has 0 saturated carbocycles. The van der Waals surface area contributed by atoms with Crippen molar-refractivity contribution >= 4 is 51.6 Å². The molecule has 0 fully saturated rings. The number of phenolic OH excluding ortho intramolecular Hbond substituents is 1. The SMILES string of the molecule is COc1ccc(Cl)cc1C(=O)NC(=S)Nc1ccc(-c2nc3cc(C)cc(C)c3o2)c(O)c1. The summed E-state index contributed by atoms with van der Waals surface area (Å²) >= 11 is 11.2. The lowest BCUT2D eigenvalue weighted by atomic mass is 10.1. The second-order valence-electron chi connectivity index (χ2n) is 7.43. The van der Waals surface area contributed by atoms with Crippen molar-refractivity contribution in [2.45, 2.75) is 13.8 Å². The predicted octanol–water partition coefficient (Wildman–Crippen LogP) is 5.61. The molecule has 9 heteroatoms. The van der Waals surface area contributed by atoms with Crippen LogP contribution in [0.15, 0.2) is 52.9 Å². The second kappa shape index (κ2) is 9.09. The minimum Gasteiger partial charge on any atom is -0.507 e. The van der Waals surface area contributed by atoms with Crippen molar-refractivity contribution in [1.29, 1.82) is 0 Å². The van der Waals surface area contributed by atoms with Gasteiger partial charge in [0, 0.05) is 16.8 Å². The summed E-state index contributed by atoms with van der Waals surface area (Å²) in [5.41, 5.74) is 4.61. The van der Waals surface area contributed by atoms with Crippen LogP contribution in [0.5, 0.6) is 11.5 Å². The van der Waals surface area contributed by atoms with Crippen LogP contribution >= 0.6 is 23.8 Å². The number of benzene rings is 3. The Hall–Kier alpha value is -3.62. The summed E-state index contributed by atoms with van der Waals surface area (Å²) in [6, 6.07) is 13.5. The van der Waals surface area contributed by atoms with E-state index in [0.717, 1.165) is 16.6 Å². The number of methoxy groups -OCH3 is 1. The Morgan fingerprint density at radius 2 is 1.94 bits per heavy atom. The molecule has 1 heterocycles. The van der Waals surface area contributed by atoms with Crippen LogP contribution in [-0.2, 0) is 0 Å².